The molecule has 0 saturated carbocycles. The second-order valence-corrected chi connectivity index (χ2v) is 8.50. The van der Waals surface area contributed by atoms with Gasteiger partial charge >= 0.3 is 0 Å². The van der Waals surface area contributed by atoms with Crippen LogP contribution in [-0.4, -0.2) is 19.3 Å². The highest BCUT2D eigenvalue weighted by molar-refractivity contribution is 7.89. The lowest BCUT2D eigenvalue weighted by atomic mass is 10.1. The first-order chi connectivity index (χ1) is 13.9. The summed E-state index contributed by atoms with van der Waals surface area (Å²) in [7, 11) is -3.75. The van der Waals surface area contributed by atoms with Crippen molar-refractivity contribution in [3.05, 3.63) is 95.3 Å². The number of hydrogen-bond acceptors (Lipinski definition) is 4. The Balaban J connectivity index is 1.77. The third-order valence-corrected chi connectivity index (χ3v) is 5.95. The molecule has 1 aromatic heterocycles. The zero-order chi connectivity index (χ0) is 20.9. The maximum absolute atomic E-state index is 12.8. The van der Waals surface area contributed by atoms with E-state index in [0.29, 0.717) is 11.1 Å². The van der Waals surface area contributed by atoms with Crippen LogP contribution in [0.5, 0.6) is 0 Å². The van der Waals surface area contributed by atoms with Crippen LogP contribution in [-0.2, 0) is 16.6 Å². The average Bonchev–Trinajstić information content (AvgIpc) is 2.74. The monoisotopic (exact) mass is 409 g/mol. The van der Waals surface area contributed by atoms with Crippen LogP contribution >= 0.6 is 0 Å². The molecule has 1 unspecified atom stereocenters. The van der Waals surface area contributed by atoms with Crippen LogP contribution in [0.2, 0.25) is 0 Å². The van der Waals surface area contributed by atoms with E-state index in [2.05, 4.69) is 15.0 Å². The van der Waals surface area contributed by atoms with Crippen molar-refractivity contribution in [1.82, 2.24) is 15.0 Å². The van der Waals surface area contributed by atoms with Crippen LogP contribution in [0, 0.1) is 6.92 Å². The molecule has 2 aromatic carbocycles. The molecule has 0 aliphatic heterocycles. The second kappa shape index (κ2) is 8.98. The molecular formula is C22H23N3O3S. The predicted molar refractivity (Wildman–Crippen MR) is 112 cm³/mol. The number of carbonyl (C=O) groups is 1. The van der Waals surface area contributed by atoms with Gasteiger partial charge in [0, 0.05) is 18.3 Å². The third-order valence-electron chi connectivity index (χ3n) is 4.55. The van der Waals surface area contributed by atoms with Crippen LogP contribution < -0.4 is 10.0 Å². The summed E-state index contributed by atoms with van der Waals surface area (Å²) < 4.78 is 27.9. The minimum atomic E-state index is -3.75. The van der Waals surface area contributed by atoms with Gasteiger partial charge in [0.25, 0.3) is 5.91 Å². The summed E-state index contributed by atoms with van der Waals surface area (Å²) in [5.41, 5.74) is 2.59. The van der Waals surface area contributed by atoms with Crippen LogP contribution in [0.1, 0.15) is 40.1 Å². The van der Waals surface area contributed by atoms with E-state index in [9.17, 15) is 13.2 Å². The maximum atomic E-state index is 12.8. The van der Waals surface area contributed by atoms with Gasteiger partial charge in [-0.3, -0.25) is 9.78 Å². The Morgan fingerprint density at radius 2 is 1.76 bits per heavy atom. The van der Waals surface area contributed by atoms with Crippen LogP contribution in [0.25, 0.3) is 0 Å². The minimum absolute atomic E-state index is 0.0506. The minimum Gasteiger partial charge on any atom is -0.344 e. The van der Waals surface area contributed by atoms with E-state index in [4.69, 9.17) is 0 Å². The van der Waals surface area contributed by atoms with Crippen molar-refractivity contribution in [1.29, 1.82) is 0 Å². The number of rotatable bonds is 7. The highest BCUT2D eigenvalue weighted by Gasteiger charge is 2.19. The van der Waals surface area contributed by atoms with E-state index < -0.39 is 10.0 Å². The zero-order valence-electron chi connectivity index (χ0n) is 16.3. The van der Waals surface area contributed by atoms with E-state index in [1.54, 1.807) is 25.3 Å². The van der Waals surface area contributed by atoms with E-state index in [1.807, 2.05) is 49.4 Å². The molecule has 1 amide bonds. The Hall–Kier alpha value is -3.03. The normalized spacial score (nSPS) is 12.3. The topological polar surface area (TPSA) is 88.2 Å². The van der Waals surface area contributed by atoms with E-state index in [-0.39, 0.29) is 23.4 Å². The van der Waals surface area contributed by atoms with Gasteiger partial charge in [-0.15, -0.1) is 0 Å². The van der Waals surface area contributed by atoms with Crippen molar-refractivity contribution >= 4 is 15.9 Å². The molecule has 0 fully saturated rings. The maximum Gasteiger partial charge on any atom is 0.252 e. The second-order valence-electron chi connectivity index (χ2n) is 6.74. The molecule has 3 aromatic rings. The lowest BCUT2D eigenvalue weighted by Crippen LogP contribution is -2.28. The summed E-state index contributed by atoms with van der Waals surface area (Å²) in [6.45, 7) is 3.78. The molecule has 29 heavy (non-hydrogen) atoms. The number of amides is 1. The number of carbonyl (C=O) groups excluding carboxylic acids is 1. The summed E-state index contributed by atoms with van der Waals surface area (Å²) in [5, 5.41) is 2.87. The quantitative estimate of drug-likeness (QED) is 0.626. The van der Waals surface area contributed by atoms with Gasteiger partial charge in [0.1, 0.15) is 0 Å². The number of nitrogens with zero attached hydrogens (tertiary/aromatic N) is 1. The fraction of sp³-hybridized carbons (Fsp3) is 0.182. The highest BCUT2D eigenvalue weighted by atomic mass is 32.2. The molecule has 7 heteroatoms. The van der Waals surface area contributed by atoms with Crippen LogP contribution in [0.3, 0.4) is 0 Å². The van der Waals surface area contributed by atoms with Crippen molar-refractivity contribution in [2.75, 3.05) is 0 Å². The van der Waals surface area contributed by atoms with Gasteiger partial charge < -0.3 is 5.32 Å². The first-order valence-corrected chi connectivity index (χ1v) is 10.7. The van der Waals surface area contributed by atoms with E-state index >= 15 is 0 Å². The molecule has 3 rings (SSSR count). The van der Waals surface area contributed by atoms with Gasteiger partial charge in [-0.1, -0.05) is 42.5 Å². The number of nitrogens with one attached hydrogen (secondary N) is 2. The highest BCUT2D eigenvalue weighted by Crippen LogP contribution is 2.18. The number of hydrogen-bond donors (Lipinski definition) is 2. The fourth-order valence-corrected chi connectivity index (χ4v) is 3.89. The summed E-state index contributed by atoms with van der Waals surface area (Å²) in [6, 6.07) is 19.0. The number of aromatic nitrogens is 1. The molecule has 0 spiro atoms. The van der Waals surface area contributed by atoms with Gasteiger partial charge in [0.2, 0.25) is 10.0 Å². The zero-order valence-corrected chi connectivity index (χ0v) is 17.1. The van der Waals surface area contributed by atoms with Crippen LogP contribution in [0.4, 0.5) is 0 Å². The number of aryl methyl sites for hydroxylation is 1. The van der Waals surface area contributed by atoms with Crippen molar-refractivity contribution in [2.45, 2.75) is 31.3 Å². The SMILES string of the molecule is Cc1ccc(S(=O)(=O)NCc2ccccc2)cc1C(=O)NC(C)c1ccccn1. The summed E-state index contributed by atoms with van der Waals surface area (Å²) >= 11 is 0. The van der Waals surface area contributed by atoms with Crippen molar-refractivity contribution in [3.63, 3.8) is 0 Å². The first kappa shape index (κ1) is 20.7. The Kier molecular flexibility index (Phi) is 6.41. The van der Waals surface area contributed by atoms with Gasteiger partial charge in [0.15, 0.2) is 0 Å². The largest absolute Gasteiger partial charge is 0.344 e. The Labute approximate surface area is 171 Å². The summed E-state index contributed by atoms with van der Waals surface area (Å²) in [5.74, 6) is -0.347. The fourth-order valence-electron chi connectivity index (χ4n) is 2.85. The molecular weight excluding hydrogens is 386 g/mol. The Morgan fingerprint density at radius 3 is 2.45 bits per heavy atom. The number of pyridine rings is 1. The lowest BCUT2D eigenvalue weighted by Gasteiger charge is -2.15. The van der Waals surface area contributed by atoms with Gasteiger partial charge in [-0.25, -0.2) is 13.1 Å². The first-order valence-electron chi connectivity index (χ1n) is 9.23. The van der Waals surface area contributed by atoms with Crippen molar-refractivity contribution in [3.8, 4) is 0 Å². The number of sulfonamides is 1. The smallest absolute Gasteiger partial charge is 0.252 e. The van der Waals surface area contributed by atoms with Crippen LogP contribution in [0.15, 0.2) is 77.8 Å². The molecule has 0 bridgehead atoms. The summed E-state index contributed by atoms with van der Waals surface area (Å²) in [6.07, 6.45) is 1.66. The molecule has 1 atom stereocenters. The summed E-state index contributed by atoms with van der Waals surface area (Å²) in [4.78, 5) is 17.0. The molecule has 6 nitrogen and oxygen atoms in total. The third kappa shape index (κ3) is 5.28. The molecule has 0 aliphatic rings. The number of benzene rings is 2. The molecule has 150 valence electrons. The average molecular weight is 410 g/mol. The predicted octanol–water partition coefficient (Wildman–Crippen LogP) is 3.36. The van der Waals surface area contributed by atoms with E-state index in [1.165, 1.54) is 12.1 Å². The van der Waals surface area contributed by atoms with Crippen molar-refractivity contribution in [2.24, 2.45) is 0 Å². The van der Waals surface area contributed by atoms with Crippen molar-refractivity contribution < 1.29 is 13.2 Å². The standard InChI is InChI=1S/C22H23N3O3S/c1-16-11-12-19(29(27,28)24-15-18-8-4-3-5-9-18)14-20(16)22(26)25-17(2)21-10-6-7-13-23-21/h3-14,17,24H,15H2,1-2H3,(H,25,26). The lowest BCUT2D eigenvalue weighted by molar-refractivity contribution is 0.0938. The van der Waals surface area contributed by atoms with Gasteiger partial charge in [0.05, 0.1) is 16.6 Å². The van der Waals surface area contributed by atoms with Gasteiger partial charge in [-0.05, 0) is 49.2 Å². The molecule has 0 saturated heterocycles. The Bertz CT molecular complexity index is 1080. The molecule has 2 N–H and O–H groups in total. The molecule has 0 aliphatic carbocycles. The molecule has 1 heterocycles. The van der Waals surface area contributed by atoms with E-state index in [0.717, 1.165) is 11.3 Å². The molecule has 0 radical (unpaired) electrons. The Morgan fingerprint density at radius 1 is 1.03 bits per heavy atom. The van der Waals surface area contributed by atoms with Gasteiger partial charge in [-0.2, -0.15) is 0 Å².